The van der Waals surface area contributed by atoms with Crippen molar-refractivity contribution in [2.75, 3.05) is 11.9 Å². The van der Waals surface area contributed by atoms with E-state index in [1.807, 2.05) is 23.0 Å². The maximum atomic E-state index is 13.0. The minimum Gasteiger partial charge on any atom is -0.393 e. The Balaban J connectivity index is 1.45. The highest BCUT2D eigenvalue weighted by atomic mass is 32.2. The van der Waals surface area contributed by atoms with Crippen LogP contribution in [0.2, 0.25) is 0 Å². The monoisotopic (exact) mass is 526 g/mol. The molecule has 1 aromatic carbocycles. The molecule has 0 amide bonds. The second-order valence-corrected chi connectivity index (χ2v) is 12.2. The first kappa shape index (κ1) is 26.1. The van der Waals surface area contributed by atoms with Crippen molar-refractivity contribution in [3.8, 4) is 11.3 Å². The summed E-state index contributed by atoms with van der Waals surface area (Å²) in [4.78, 5) is 9.62. The maximum Gasteiger partial charge on any atom is 0.240 e. The quantitative estimate of drug-likeness (QED) is 0.343. The molecule has 0 atom stereocenters. The molecule has 0 bridgehead atoms. The van der Waals surface area contributed by atoms with E-state index in [9.17, 15) is 13.5 Å². The van der Waals surface area contributed by atoms with Gasteiger partial charge in [-0.15, -0.1) is 0 Å². The van der Waals surface area contributed by atoms with Crippen LogP contribution in [0.4, 0.5) is 5.95 Å². The first-order valence-electron chi connectivity index (χ1n) is 13.7. The Hall–Kier alpha value is -2.56. The molecule has 200 valence electrons. The third kappa shape index (κ3) is 5.97. The number of anilines is 1. The molecule has 37 heavy (non-hydrogen) atoms. The van der Waals surface area contributed by atoms with Crippen LogP contribution >= 0.6 is 0 Å². The minimum atomic E-state index is -3.57. The predicted octanol–water partition coefficient (Wildman–Crippen LogP) is 4.79. The molecule has 10 heteroatoms. The summed E-state index contributed by atoms with van der Waals surface area (Å²) in [5.74, 6) is 0.583. The molecule has 2 heterocycles. The molecule has 2 aromatic heterocycles. The number of unbranched alkanes of at least 4 members (excludes halogenated alkanes) is 1. The van der Waals surface area contributed by atoms with Crippen LogP contribution in [0.1, 0.15) is 83.6 Å². The normalized spacial score (nSPS) is 21.4. The van der Waals surface area contributed by atoms with Gasteiger partial charge in [-0.2, -0.15) is 10.1 Å². The van der Waals surface area contributed by atoms with Crippen LogP contribution in [-0.2, 0) is 10.0 Å². The third-order valence-corrected chi connectivity index (χ3v) is 9.18. The van der Waals surface area contributed by atoms with Crippen molar-refractivity contribution >= 4 is 27.0 Å². The summed E-state index contributed by atoms with van der Waals surface area (Å²) >= 11 is 0. The number of aromatic nitrogens is 4. The molecule has 0 unspecified atom stereocenters. The van der Waals surface area contributed by atoms with Gasteiger partial charge in [-0.05, 0) is 57.1 Å². The molecule has 5 rings (SSSR count). The fourth-order valence-corrected chi connectivity index (χ4v) is 6.76. The Labute approximate surface area is 219 Å². The lowest BCUT2D eigenvalue weighted by atomic mass is 9.93. The topological polar surface area (TPSA) is 122 Å². The molecule has 0 aliphatic heterocycles. The zero-order valence-electron chi connectivity index (χ0n) is 21.6. The van der Waals surface area contributed by atoms with E-state index in [-0.39, 0.29) is 23.1 Å². The van der Waals surface area contributed by atoms with Crippen molar-refractivity contribution in [3.63, 3.8) is 0 Å². The van der Waals surface area contributed by atoms with Crippen LogP contribution in [0.15, 0.2) is 35.4 Å². The number of nitrogens with one attached hydrogen (secondary N) is 2. The average molecular weight is 527 g/mol. The second kappa shape index (κ2) is 11.4. The van der Waals surface area contributed by atoms with Crippen molar-refractivity contribution in [2.24, 2.45) is 0 Å². The van der Waals surface area contributed by atoms with Gasteiger partial charge in [0.15, 0.2) is 5.65 Å². The van der Waals surface area contributed by atoms with E-state index in [2.05, 4.69) is 21.9 Å². The van der Waals surface area contributed by atoms with Crippen LogP contribution in [-0.4, -0.2) is 52.0 Å². The third-order valence-electron chi connectivity index (χ3n) is 7.64. The van der Waals surface area contributed by atoms with E-state index >= 15 is 0 Å². The molecule has 0 spiro atoms. The number of aliphatic hydroxyl groups is 1. The zero-order chi connectivity index (χ0) is 25.8. The first-order valence-corrected chi connectivity index (χ1v) is 15.2. The first-order chi connectivity index (χ1) is 17.9. The van der Waals surface area contributed by atoms with Gasteiger partial charge in [-0.1, -0.05) is 44.7 Å². The van der Waals surface area contributed by atoms with Crippen LogP contribution in [0.3, 0.4) is 0 Å². The SMILES string of the molecule is CCCCNc1ncc2c(-c3ccc(S(=O)(=O)NC4CCCCC4)cc3)nn([C@H]3CC[C@H](O)CC3)c2n1. The maximum absolute atomic E-state index is 13.0. The molecule has 2 fully saturated rings. The summed E-state index contributed by atoms with van der Waals surface area (Å²) in [5.41, 5.74) is 2.33. The van der Waals surface area contributed by atoms with Gasteiger partial charge in [0.05, 0.1) is 22.4 Å². The van der Waals surface area contributed by atoms with Crippen LogP contribution in [0.5, 0.6) is 0 Å². The smallest absolute Gasteiger partial charge is 0.240 e. The lowest BCUT2D eigenvalue weighted by Gasteiger charge is -2.25. The van der Waals surface area contributed by atoms with E-state index < -0.39 is 10.0 Å². The number of hydrogen-bond acceptors (Lipinski definition) is 7. The molecular formula is C27H38N6O3S. The van der Waals surface area contributed by atoms with Crippen LogP contribution in [0.25, 0.3) is 22.3 Å². The molecule has 3 aromatic rings. The van der Waals surface area contributed by atoms with Gasteiger partial charge in [-0.3, -0.25) is 0 Å². The highest BCUT2D eigenvalue weighted by Gasteiger charge is 2.26. The molecule has 3 N–H and O–H groups in total. The Kier molecular flexibility index (Phi) is 8.07. The fourth-order valence-electron chi connectivity index (χ4n) is 5.46. The van der Waals surface area contributed by atoms with E-state index in [1.54, 1.807) is 12.1 Å². The van der Waals surface area contributed by atoms with E-state index in [4.69, 9.17) is 10.1 Å². The number of sulfonamides is 1. The summed E-state index contributed by atoms with van der Waals surface area (Å²) < 4.78 is 30.8. The molecule has 9 nitrogen and oxygen atoms in total. The van der Waals surface area contributed by atoms with Gasteiger partial charge in [0, 0.05) is 24.3 Å². The van der Waals surface area contributed by atoms with Gasteiger partial charge in [0.2, 0.25) is 16.0 Å². The van der Waals surface area contributed by atoms with E-state index in [1.165, 1.54) is 6.42 Å². The lowest BCUT2D eigenvalue weighted by molar-refractivity contribution is 0.109. The molecule has 2 aliphatic rings. The number of rotatable bonds is 9. The van der Waals surface area contributed by atoms with E-state index in [0.29, 0.717) is 5.95 Å². The zero-order valence-corrected chi connectivity index (χ0v) is 22.4. The predicted molar refractivity (Wildman–Crippen MR) is 145 cm³/mol. The highest BCUT2D eigenvalue weighted by Crippen LogP contribution is 2.35. The van der Waals surface area contributed by atoms with Crippen molar-refractivity contribution in [2.45, 2.75) is 101 Å². The summed E-state index contributed by atoms with van der Waals surface area (Å²) in [6, 6.07) is 7.12. The Morgan fingerprint density at radius 3 is 2.46 bits per heavy atom. The molecular weight excluding hydrogens is 488 g/mol. The van der Waals surface area contributed by atoms with Gasteiger partial charge in [0.25, 0.3) is 0 Å². The summed E-state index contributed by atoms with van der Waals surface area (Å²) in [6.45, 7) is 2.95. The summed E-state index contributed by atoms with van der Waals surface area (Å²) in [6.07, 6.45) is 12.0. The number of hydrogen-bond donors (Lipinski definition) is 3. The number of benzene rings is 1. The number of fused-ring (bicyclic) bond motifs is 1. The fraction of sp³-hybridized carbons (Fsp3) is 0.593. The van der Waals surface area contributed by atoms with Gasteiger partial charge in [0.1, 0.15) is 5.69 Å². The Bertz CT molecular complexity index is 1290. The van der Waals surface area contributed by atoms with Crippen LogP contribution < -0.4 is 10.0 Å². The minimum absolute atomic E-state index is 0.0179. The number of aliphatic hydroxyl groups excluding tert-OH is 1. The lowest BCUT2D eigenvalue weighted by Crippen LogP contribution is -2.36. The van der Waals surface area contributed by atoms with E-state index in [0.717, 1.165) is 93.0 Å². The summed E-state index contributed by atoms with van der Waals surface area (Å²) in [7, 11) is -3.57. The number of nitrogens with zero attached hydrogens (tertiary/aromatic N) is 4. The van der Waals surface area contributed by atoms with Crippen molar-refractivity contribution in [1.29, 1.82) is 0 Å². The van der Waals surface area contributed by atoms with Crippen molar-refractivity contribution < 1.29 is 13.5 Å². The standard InChI is InChI=1S/C27H38N6O3S/c1-2-3-17-28-27-29-18-24-25(31-33(26(24)30-27)21-11-13-22(34)14-12-21)19-9-15-23(16-10-19)37(35,36)32-20-7-5-4-6-8-20/h9-10,15-16,18,20-22,32,34H,2-8,11-14,17H2,1H3,(H,28,29,30)/t21-,22-. The van der Waals surface area contributed by atoms with Crippen molar-refractivity contribution in [1.82, 2.24) is 24.5 Å². The highest BCUT2D eigenvalue weighted by molar-refractivity contribution is 7.89. The molecule has 2 aliphatic carbocycles. The molecule has 0 radical (unpaired) electrons. The summed E-state index contributed by atoms with van der Waals surface area (Å²) in [5, 5.41) is 19.1. The van der Waals surface area contributed by atoms with Gasteiger partial charge < -0.3 is 10.4 Å². The van der Waals surface area contributed by atoms with Gasteiger partial charge >= 0.3 is 0 Å². The Morgan fingerprint density at radius 1 is 1.03 bits per heavy atom. The average Bonchev–Trinajstić information content (AvgIpc) is 3.29. The Morgan fingerprint density at radius 2 is 1.76 bits per heavy atom. The van der Waals surface area contributed by atoms with Crippen LogP contribution in [0, 0.1) is 0 Å². The second-order valence-electron chi connectivity index (χ2n) is 10.4. The van der Waals surface area contributed by atoms with Gasteiger partial charge in [-0.25, -0.2) is 22.8 Å². The largest absolute Gasteiger partial charge is 0.393 e. The molecule has 2 saturated carbocycles. The molecule has 0 saturated heterocycles. The van der Waals surface area contributed by atoms with Crippen molar-refractivity contribution in [3.05, 3.63) is 30.5 Å².